The van der Waals surface area contributed by atoms with Gasteiger partial charge in [0.15, 0.2) is 0 Å². The number of carbonyl (C=O) groups is 2. The summed E-state index contributed by atoms with van der Waals surface area (Å²) in [6, 6.07) is 10.6. The van der Waals surface area contributed by atoms with Crippen molar-refractivity contribution in [2.24, 2.45) is 0 Å². The third-order valence-corrected chi connectivity index (χ3v) is 4.43. The highest BCUT2D eigenvalue weighted by molar-refractivity contribution is 9.10. The van der Waals surface area contributed by atoms with E-state index in [0.717, 1.165) is 15.8 Å². The predicted molar refractivity (Wildman–Crippen MR) is 103 cm³/mol. The molecule has 0 unspecified atom stereocenters. The number of imidazole rings is 1. The SMILES string of the molecule is O=C(CCNC(=O)c1ccc(Br)cc1)NCc1cn2cc(Cl)ccc2n1. The Balaban J connectivity index is 1.43. The minimum atomic E-state index is -0.206. The molecule has 0 aliphatic heterocycles. The van der Waals surface area contributed by atoms with E-state index in [2.05, 4.69) is 31.5 Å². The van der Waals surface area contributed by atoms with Gasteiger partial charge in [0.05, 0.1) is 17.3 Å². The second-order valence-electron chi connectivity index (χ2n) is 5.63. The largest absolute Gasteiger partial charge is 0.352 e. The zero-order valence-electron chi connectivity index (χ0n) is 13.7. The van der Waals surface area contributed by atoms with E-state index in [9.17, 15) is 9.59 Å². The second-order valence-corrected chi connectivity index (χ2v) is 6.99. The number of fused-ring (bicyclic) bond motifs is 1. The quantitative estimate of drug-likeness (QED) is 0.624. The van der Waals surface area contributed by atoms with Crippen molar-refractivity contribution in [3.05, 3.63) is 69.5 Å². The van der Waals surface area contributed by atoms with Gasteiger partial charge in [-0.05, 0) is 36.4 Å². The smallest absolute Gasteiger partial charge is 0.251 e. The van der Waals surface area contributed by atoms with Crippen LogP contribution in [0.4, 0.5) is 0 Å². The molecule has 3 rings (SSSR count). The highest BCUT2D eigenvalue weighted by atomic mass is 79.9. The van der Waals surface area contributed by atoms with Gasteiger partial charge >= 0.3 is 0 Å². The maximum Gasteiger partial charge on any atom is 0.251 e. The average Bonchev–Trinajstić information content (AvgIpc) is 3.02. The second kappa shape index (κ2) is 8.33. The lowest BCUT2D eigenvalue weighted by molar-refractivity contribution is -0.121. The Bertz CT molecular complexity index is 940. The molecule has 0 aliphatic rings. The lowest BCUT2D eigenvalue weighted by atomic mass is 10.2. The summed E-state index contributed by atoms with van der Waals surface area (Å²) in [6.07, 6.45) is 3.77. The monoisotopic (exact) mass is 434 g/mol. The van der Waals surface area contributed by atoms with E-state index in [1.807, 2.05) is 16.7 Å². The minimum absolute atomic E-state index is 0.156. The molecule has 2 N–H and O–H groups in total. The molecule has 0 fully saturated rings. The topological polar surface area (TPSA) is 75.5 Å². The van der Waals surface area contributed by atoms with Gasteiger partial charge in [-0.3, -0.25) is 9.59 Å². The van der Waals surface area contributed by atoms with Crippen LogP contribution in [0, 0.1) is 0 Å². The summed E-state index contributed by atoms with van der Waals surface area (Å²) in [5.74, 6) is -0.362. The molecule has 3 aromatic rings. The molecule has 6 nitrogen and oxygen atoms in total. The molecule has 0 spiro atoms. The number of carbonyl (C=O) groups excluding carboxylic acids is 2. The van der Waals surface area contributed by atoms with Gasteiger partial charge < -0.3 is 15.0 Å². The number of amides is 2. The predicted octanol–water partition coefficient (Wildman–Crippen LogP) is 3.19. The maximum atomic E-state index is 12.0. The molecule has 0 bridgehead atoms. The molecule has 2 heterocycles. The normalized spacial score (nSPS) is 10.7. The lowest BCUT2D eigenvalue weighted by Gasteiger charge is -2.06. The van der Waals surface area contributed by atoms with Crippen molar-refractivity contribution in [1.29, 1.82) is 0 Å². The molecule has 0 radical (unpaired) electrons. The van der Waals surface area contributed by atoms with E-state index in [4.69, 9.17) is 11.6 Å². The Hall–Kier alpha value is -2.38. The summed E-state index contributed by atoms with van der Waals surface area (Å²) >= 11 is 9.25. The molecular weight excluding hydrogens is 420 g/mol. The fourth-order valence-corrected chi connectivity index (χ4v) is 2.81. The summed E-state index contributed by atoms with van der Waals surface area (Å²) in [4.78, 5) is 28.3. The average molecular weight is 436 g/mol. The number of nitrogens with one attached hydrogen (secondary N) is 2. The van der Waals surface area contributed by atoms with Crippen molar-refractivity contribution in [2.75, 3.05) is 6.54 Å². The van der Waals surface area contributed by atoms with E-state index in [0.29, 0.717) is 17.1 Å². The number of pyridine rings is 1. The molecule has 1 aromatic carbocycles. The van der Waals surface area contributed by atoms with Gasteiger partial charge in [0.1, 0.15) is 5.65 Å². The highest BCUT2D eigenvalue weighted by Crippen LogP contribution is 2.12. The number of nitrogens with zero attached hydrogens (tertiary/aromatic N) is 2. The molecule has 2 amide bonds. The summed E-state index contributed by atoms with van der Waals surface area (Å²) in [6.45, 7) is 0.584. The van der Waals surface area contributed by atoms with Crippen molar-refractivity contribution in [2.45, 2.75) is 13.0 Å². The van der Waals surface area contributed by atoms with Gasteiger partial charge in [0, 0.05) is 35.4 Å². The van der Waals surface area contributed by atoms with Crippen LogP contribution in [0.25, 0.3) is 5.65 Å². The van der Waals surface area contributed by atoms with Gasteiger partial charge in [0.25, 0.3) is 5.91 Å². The van der Waals surface area contributed by atoms with Crippen LogP contribution in [-0.4, -0.2) is 27.7 Å². The first-order valence-electron chi connectivity index (χ1n) is 7.95. The summed E-state index contributed by atoms with van der Waals surface area (Å²) in [5.41, 5.74) is 2.05. The van der Waals surface area contributed by atoms with Crippen molar-refractivity contribution in [3.63, 3.8) is 0 Å². The fraction of sp³-hybridized carbons (Fsp3) is 0.167. The zero-order valence-corrected chi connectivity index (χ0v) is 16.0. The van der Waals surface area contributed by atoms with Crippen LogP contribution in [0.1, 0.15) is 22.5 Å². The molecule has 8 heteroatoms. The lowest BCUT2D eigenvalue weighted by Crippen LogP contribution is -2.30. The van der Waals surface area contributed by atoms with Crippen molar-refractivity contribution in [1.82, 2.24) is 20.0 Å². The third-order valence-electron chi connectivity index (χ3n) is 3.68. The van der Waals surface area contributed by atoms with E-state index in [1.54, 1.807) is 36.5 Å². The Morgan fingerprint density at radius 2 is 1.85 bits per heavy atom. The number of rotatable bonds is 6. The standard InChI is InChI=1S/C18H16BrClN4O2/c19-13-3-1-12(2-4-13)18(26)21-8-7-17(25)22-9-15-11-24-10-14(20)5-6-16(24)23-15/h1-6,10-11H,7-9H2,(H,21,26)(H,22,25). The molecule has 0 saturated carbocycles. The van der Waals surface area contributed by atoms with Gasteiger partial charge in [-0.15, -0.1) is 0 Å². The Morgan fingerprint density at radius 1 is 1.08 bits per heavy atom. The first-order chi connectivity index (χ1) is 12.5. The van der Waals surface area contributed by atoms with Crippen LogP contribution in [0.3, 0.4) is 0 Å². The van der Waals surface area contributed by atoms with Crippen LogP contribution in [0.15, 0.2) is 53.3 Å². The fourth-order valence-electron chi connectivity index (χ4n) is 2.37. The van der Waals surface area contributed by atoms with Crippen molar-refractivity contribution >= 4 is 45.0 Å². The van der Waals surface area contributed by atoms with Gasteiger partial charge in [0.2, 0.25) is 5.91 Å². The zero-order chi connectivity index (χ0) is 18.5. The third kappa shape index (κ3) is 4.83. The molecular formula is C18H16BrClN4O2. The van der Waals surface area contributed by atoms with Crippen LogP contribution < -0.4 is 10.6 Å². The first-order valence-corrected chi connectivity index (χ1v) is 9.12. The molecule has 0 aliphatic carbocycles. The maximum absolute atomic E-state index is 12.0. The molecule has 134 valence electrons. The van der Waals surface area contributed by atoms with Crippen LogP contribution in [0.2, 0.25) is 5.02 Å². The highest BCUT2D eigenvalue weighted by Gasteiger charge is 2.08. The van der Waals surface area contributed by atoms with Gasteiger partial charge in [-0.25, -0.2) is 4.98 Å². The minimum Gasteiger partial charge on any atom is -0.352 e. The van der Waals surface area contributed by atoms with Gasteiger partial charge in [-0.2, -0.15) is 0 Å². The number of halogens is 2. The van der Waals surface area contributed by atoms with Crippen molar-refractivity contribution in [3.8, 4) is 0 Å². The van der Waals surface area contributed by atoms with E-state index in [1.165, 1.54) is 0 Å². The van der Waals surface area contributed by atoms with Crippen LogP contribution in [0.5, 0.6) is 0 Å². The molecule has 2 aromatic heterocycles. The number of benzene rings is 1. The summed E-state index contributed by atoms with van der Waals surface area (Å²) in [5, 5.41) is 6.13. The number of hydrogen-bond acceptors (Lipinski definition) is 3. The van der Waals surface area contributed by atoms with E-state index >= 15 is 0 Å². The van der Waals surface area contributed by atoms with Gasteiger partial charge in [-0.1, -0.05) is 27.5 Å². The van der Waals surface area contributed by atoms with E-state index in [-0.39, 0.29) is 24.8 Å². The van der Waals surface area contributed by atoms with Crippen LogP contribution in [-0.2, 0) is 11.3 Å². The van der Waals surface area contributed by atoms with Crippen LogP contribution >= 0.6 is 27.5 Å². The number of hydrogen-bond donors (Lipinski definition) is 2. The molecule has 0 atom stereocenters. The molecule has 0 saturated heterocycles. The van der Waals surface area contributed by atoms with E-state index < -0.39 is 0 Å². The van der Waals surface area contributed by atoms with Crippen molar-refractivity contribution < 1.29 is 9.59 Å². The Morgan fingerprint density at radius 3 is 2.62 bits per heavy atom. The Labute approximate surface area is 163 Å². The Kier molecular flexibility index (Phi) is 5.90. The summed E-state index contributed by atoms with van der Waals surface area (Å²) in [7, 11) is 0. The first kappa shape index (κ1) is 18.4. The number of aromatic nitrogens is 2. The molecule has 26 heavy (non-hydrogen) atoms. The summed E-state index contributed by atoms with van der Waals surface area (Å²) < 4.78 is 2.71.